The summed E-state index contributed by atoms with van der Waals surface area (Å²) < 4.78 is 18.7. The van der Waals surface area contributed by atoms with Crippen molar-refractivity contribution in [3.8, 4) is 0 Å². The number of carbonyl (C=O) groups excluding carboxylic acids is 4. The van der Waals surface area contributed by atoms with Crippen LogP contribution < -0.4 is 4.90 Å². The first kappa shape index (κ1) is 21.5. The number of nitrogens with zero attached hydrogens (tertiary/aromatic N) is 3. The van der Waals surface area contributed by atoms with Gasteiger partial charge in [0.25, 0.3) is 0 Å². The van der Waals surface area contributed by atoms with Crippen LogP contribution in [-0.4, -0.2) is 58.3 Å². The third-order valence-electron chi connectivity index (χ3n) is 5.73. The Balaban J connectivity index is 1.56. The Hall–Kier alpha value is -3.75. The van der Waals surface area contributed by atoms with Gasteiger partial charge in [0.15, 0.2) is 0 Å². The summed E-state index contributed by atoms with van der Waals surface area (Å²) in [6.45, 7) is 2.71. The fourth-order valence-corrected chi connectivity index (χ4v) is 4.26. The molecule has 9 heteroatoms. The minimum atomic E-state index is -1.19. The molecule has 2 aromatic carbocycles. The number of hydrogen-bond donors (Lipinski definition) is 0. The molecule has 2 saturated heterocycles. The number of amides is 3. The molecular formula is C23H22FN3O5. The smallest absolute Gasteiger partial charge is 0.350 e. The fraction of sp³-hybridized carbons (Fsp3) is 0.304. The van der Waals surface area contributed by atoms with Crippen molar-refractivity contribution >= 4 is 29.4 Å². The molecule has 0 N–H and O–H groups in total. The highest BCUT2D eigenvalue weighted by atomic mass is 19.1. The number of rotatable bonds is 5. The SMILES string of the molecule is CC(=O)N1CC2[C@@H](N(C(C)=O)c3ccc(F)cc3)C(=O)N2C1C(=O)OCc1ccccc1. The molecule has 0 spiro atoms. The Labute approximate surface area is 184 Å². The molecule has 3 amide bonds. The van der Waals surface area contributed by atoms with Crippen LogP contribution in [0.5, 0.6) is 0 Å². The van der Waals surface area contributed by atoms with Gasteiger partial charge in [-0.1, -0.05) is 30.3 Å². The summed E-state index contributed by atoms with van der Waals surface area (Å²) in [5, 5.41) is 0. The Kier molecular flexibility index (Phi) is 5.65. The molecule has 2 aliphatic rings. The molecule has 0 aromatic heterocycles. The monoisotopic (exact) mass is 439 g/mol. The van der Waals surface area contributed by atoms with E-state index in [1.807, 2.05) is 18.2 Å². The first-order valence-corrected chi connectivity index (χ1v) is 10.1. The average Bonchev–Trinajstić information content (AvgIpc) is 3.13. The van der Waals surface area contributed by atoms with E-state index in [1.165, 1.54) is 52.8 Å². The van der Waals surface area contributed by atoms with Crippen molar-refractivity contribution in [2.45, 2.75) is 38.7 Å². The molecule has 2 fully saturated rings. The lowest BCUT2D eigenvalue weighted by Gasteiger charge is -2.47. The zero-order valence-corrected chi connectivity index (χ0v) is 17.6. The van der Waals surface area contributed by atoms with Gasteiger partial charge in [-0.2, -0.15) is 0 Å². The second-order valence-electron chi connectivity index (χ2n) is 7.76. The Morgan fingerprint density at radius 3 is 2.31 bits per heavy atom. The van der Waals surface area contributed by atoms with Crippen molar-refractivity contribution in [3.63, 3.8) is 0 Å². The number of esters is 1. The summed E-state index contributed by atoms with van der Waals surface area (Å²) in [6, 6.07) is 12.8. The van der Waals surface area contributed by atoms with Crippen LogP contribution in [0, 0.1) is 5.82 Å². The molecule has 0 saturated carbocycles. The summed E-state index contributed by atoms with van der Waals surface area (Å²) in [5.74, 6) is -2.44. The van der Waals surface area contributed by atoms with Crippen molar-refractivity contribution < 1.29 is 28.3 Å². The number of hydrogen-bond acceptors (Lipinski definition) is 5. The van der Waals surface area contributed by atoms with E-state index < -0.39 is 41.9 Å². The third kappa shape index (κ3) is 3.70. The summed E-state index contributed by atoms with van der Waals surface area (Å²) in [4.78, 5) is 54.4. The van der Waals surface area contributed by atoms with Gasteiger partial charge in [0.2, 0.25) is 23.9 Å². The predicted molar refractivity (Wildman–Crippen MR) is 111 cm³/mol. The van der Waals surface area contributed by atoms with E-state index in [4.69, 9.17) is 4.74 Å². The largest absolute Gasteiger partial charge is 0.458 e. The molecule has 8 nitrogen and oxygen atoms in total. The van der Waals surface area contributed by atoms with E-state index in [1.54, 1.807) is 12.1 Å². The minimum Gasteiger partial charge on any atom is -0.458 e. The van der Waals surface area contributed by atoms with Gasteiger partial charge in [0.1, 0.15) is 18.5 Å². The summed E-state index contributed by atoms with van der Waals surface area (Å²) >= 11 is 0. The maximum Gasteiger partial charge on any atom is 0.350 e. The van der Waals surface area contributed by atoms with Gasteiger partial charge < -0.3 is 14.5 Å². The van der Waals surface area contributed by atoms with Crippen LogP contribution in [0.25, 0.3) is 0 Å². The maximum absolute atomic E-state index is 13.3. The van der Waals surface area contributed by atoms with Crippen molar-refractivity contribution in [3.05, 3.63) is 66.0 Å². The second kappa shape index (κ2) is 8.41. The minimum absolute atomic E-state index is 0.00714. The number of benzene rings is 2. The molecule has 0 bridgehead atoms. The molecule has 2 aliphatic heterocycles. The summed E-state index contributed by atoms with van der Waals surface area (Å²) in [6.07, 6.45) is -1.19. The van der Waals surface area contributed by atoms with Crippen LogP contribution in [0.2, 0.25) is 0 Å². The molecular weight excluding hydrogens is 417 g/mol. The van der Waals surface area contributed by atoms with Crippen LogP contribution in [0.15, 0.2) is 54.6 Å². The molecule has 2 heterocycles. The zero-order chi connectivity index (χ0) is 23.0. The number of β-lactam (4-membered cyclic amide) rings is 1. The first-order valence-electron chi connectivity index (χ1n) is 10.1. The topological polar surface area (TPSA) is 87.2 Å². The van der Waals surface area contributed by atoms with Crippen LogP contribution in [0.1, 0.15) is 19.4 Å². The normalized spacial score (nSPS) is 21.6. The number of ether oxygens (including phenoxy) is 1. The average molecular weight is 439 g/mol. The van der Waals surface area contributed by atoms with Crippen molar-refractivity contribution in [1.82, 2.24) is 9.80 Å². The van der Waals surface area contributed by atoms with Gasteiger partial charge in [0, 0.05) is 26.1 Å². The van der Waals surface area contributed by atoms with Crippen LogP contribution in [0.4, 0.5) is 10.1 Å². The van der Waals surface area contributed by atoms with Gasteiger partial charge >= 0.3 is 5.97 Å². The molecule has 4 rings (SSSR count). The summed E-state index contributed by atoms with van der Waals surface area (Å²) in [7, 11) is 0. The van der Waals surface area contributed by atoms with E-state index in [-0.39, 0.29) is 19.1 Å². The highest BCUT2D eigenvalue weighted by Crippen LogP contribution is 2.38. The molecule has 2 aromatic rings. The van der Waals surface area contributed by atoms with E-state index in [0.717, 1.165) is 5.56 Å². The standard InChI is InChI=1S/C23H22FN3O5/c1-14(28)25-12-19-20(26(15(2)29)18-10-8-17(24)9-11-18)22(30)27(19)21(25)23(31)32-13-16-6-4-3-5-7-16/h3-11,19-21H,12-13H2,1-2H3/t19?,20-,21?/m1/s1. The number of halogens is 1. The van der Waals surface area contributed by atoms with Crippen LogP contribution in [0.3, 0.4) is 0 Å². The van der Waals surface area contributed by atoms with E-state index in [0.29, 0.717) is 5.69 Å². The molecule has 0 radical (unpaired) electrons. The highest BCUT2D eigenvalue weighted by molar-refractivity contribution is 6.05. The lowest BCUT2D eigenvalue weighted by atomic mass is 9.94. The third-order valence-corrected chi connectivity index (χ3v) is 5.73. The van der Waals surface area contributed by atoms with E-state index >= 15 is 0 Å². The second-order valence-corrected chi connectivity index (χ2v) is 7.76. The molecule has 3 atom stereocenters. The van der Waals surface area contributed by atoms with E-state index in [2.05, 4.69) is 0 Å². The van der Waals surface area contributed by atoms with Gasteiger partial charge in [0.05, 0.1) is 6.04 Å². The Morgan fingerprint density at radius 1 is 1.06 bits per heavy atom. The number of anilines is 1. The zero-order valence-electron chi connectivity index (χ0n) is 17.6. The molecule has 0 aliphatic carbocycles. The highest BCUT2D eigenvalue weighted by Gasteiger charge is 2.62. The van der Waals surface area contributed by atoms with Crippen molar-refractivity contribution in [2.24, 2.45) is 0 Å². The predicted octanol–water partition coefficient (Wildman–Crippen LogP) is 1.69. The lowest BCUT2D eigenvalue weighted by molar-refractivity contribution is -0.169. The van der Waals surface area contributed by atoms with E-state index in [9.17, 15) is 23.6 Å². The van der Waals surface area contributed by atoms with Gasteiger partial charge in [-0.25, -0.2) is 9.18 Å². The molecule has 2 unspecified atom stereocenters. The van der Waals surface area contributed by atoms with Crippen LogP contribution >= 0.6 is 0 Å². The fourth-order valence-electron chi connectivity index (χ4n) is 4.26. The lowest BCUT2D eigenvalue weighted by Crippen LogP contribution is -2.72. The summed E-state index contributed by atoms with van der Waals surface area (Å²) in [5.41, 5.74) is 1.14. The quantitative estimate of drug-likeness (QED) is 0.523. The van der Waals surface area contributed by atoms with Gasteiger partial charge in [-0.3, -0.25) is 19.3 Å². The Morgan fingerprint density at radius 2 is 1.72 bits per heavy atom. The van der Waals surface area contributed by atoms with Gasteiger partial charge in [-0.15, -0.1) is 0 Å². The van der Waals surface area contributed by atoms with Crippen LogP contribution in [-0.2, 0) is 30.5 Å². The number of fused-ring (bicyclic) bond motifs is 1. The Bertz CT molecular complexity index is 1060. The number of carbonyl (C=O) groups is 4. The van der Waals surface area contributed by atoms with Gasteiger partial charge in [-0.05, 0) is 29.8 Å². The van der Waals surface area contributed by atoms with Crippen molar-refractivity contribution in [1.29, 1.82) is 0 Å². The first-order chi connectivity index (χ1) is 15.3. The van der Waals surface area contributed by atoms with Crippen molar-refractivity contribution in [2.75, 3.05) is 11.4 Å². The molecule has 166 valence electrons. The molecule has 32 heavy (non-hydrogen) atoms. The maximum atomic E-state index is 13.3.